The summed E-state index contributed by atoms with van der Waals surface area (Å²) < 4.78 is 1.16. The fourth-order valence-electron chi connectivity index (χ4n) is 1.34. The molecule has 0 spiro atoms. The van der Waals surface area contributed by atoms with Crippen LogP contribution in [0.1, 0.15) is 24.0 Å². The monoisotopic (exact) mass is 271 g/mol. The Morgan fingerprint density at radius 2 is 2.13 bits per heavy atom. The molecule has 0 aromatic heterocycles. The molecule has 84 valence electrons. The molecule has 15 heavy (non-hydrogen) atoms. The van der Waals surface area contributed by atoms with Crippen molar-refractivity contribution in [3.63, 3.8) is 0 Å². The van der Waals surface area contributed by atoms with Crippen molar-refractivity contribution in [2.45, 2.75) is 26.3 Å². The fraction of sp³-hybridized carbons (Fsp3) is 0.500. The van der Waals surface area contributed by atoms with Gasteiger partial charge in [-0.05, 0) is 43.5 Å². The molecule has 2 N–H and O–H groups in total. The lowest BCUT2D eigenvalue weighted by Crippen LogP contribution is -2.14. The number of aliphatic hydroxyl groups is 1. The quantitative estimate of drug-likeness (QED) is 0.780. The summed E-state index contributed by atoms with van der Waals surface area (Å²) in [6.45, 7) is 4.23. The third-order valence-corrected chi connectivity index (χ3v) is 3.18. The Morgan fingerprint density at radius 3 is 2.80 bits per heavy atom. The molecule has 1 aromatic rings. The van der Waals surface area contributed by atoms with Crippen LogP contribution in [0.25, 0.3) is 0 Å². The Labute approximate surface area is 99.8 Å². The van der Waals surface area contributed by atoms with E-state index < -0.39 is 0 Å². The van der Waals surface area contributed by atoms with Gasteiger partial charge in [0.1, 0.15) is 0 Å². The van der Waals surface area contributed by atoms with E-state index in [0.29, 0.717) is 0 Å². The third-order valence-electron chi connectivity index (χ3n) is 2.33. The van der Waals surface area contributed by atoms with Gasteiger partial charge in [-0.3, -0.25) is 0 Å². The minimum atomic E-state index is 0.289. The number of aliphatic hydroxyl groups excluding tert-OH is 1. The molecule has 0 aliphatic carbocycles. The molecule has 0 atom stereocenters. The molecule has 2 nitrogen and oxygen atoms in total. The van der Waals surface area contributed by atoms with Crippen LogP contribution in [0.5, 0.6) is 0 Å². The van der Waals surface area contributed by atoms with Crippen LogP contribution in [0.4, 0.5) is 0 Å². The molecule has 0 aliphatic rings. The molecule has 0 bridgehead atoms. The Morgan fingerprint density at radius 1 is 1.33 bits per heavy atom. The molecule has 0 saturated heterocycles. The fourth-order valence-corrected chi connectivity index (χ4v) is 1.77. The van der Waals surface area contributed by atoms with E-state index in [9.17, 15) is 0 Å². The predicted molar refractivity (Wildman–Crippen MR) is 66.9 cm³/mol. The van der Waals surface area contributed by atoms with Gasteiger partial charge >= 0.3 is 0 Å². The zero-order valence-corrected chi connectivity index (χ0v) is 10.7. The molecule has 0 heterocycles. The molecule has 0 fully saturated rings. The molecular weight excluding hydrogens is 254 g/mol. The summed E-state index contributed by atoms with van der Waals surface area (Å²) in [4.78, 5) is 0. The van der Waals surface area contributed by atoms with Crippen LogP contribution in [0, 0.1) is 6.92 Å². The number of rotatable bonds is 6. The summed E-state index contributed by atoms with van der Waals surface area (Å²) in [5, 5.41) is 12.0. The Hall–Kier alpha value is -0.380. The van der Waals surface area contributed by atoms with E-state index in [-0.39, 0.29) is 6.61 Å². The number of benzene rings is 1. The molecule has 0 saturated carbocycles. The second-order valence-electron chi connectivity index (χ2n) is 3.69. The summed E-state index contributed by atoms with van der Waals surface area (Å²) >= 11 is 3.52. The number of unbranched alkanes of at least 4 members (excludes halogenated alkanes) is 1. The predicted octanol–water partition coefficient (Wildman–Crippen LogP) is 2.62. The van der Waals surface area contributed by atoms with E-state index in [1.807, 2.05) is 0 Å². The maximum absolute atomic E-state index is 8.62. The standard InChI is InChI=1S/C12H18BrNO/c1-10-4-5-11(8-12(10)13)9-14-6-2-3-7-15/h4-5,8,14-15H,2-3,6-7,9H2,1H3. The number of aryl methyl sites for hydroxylation is 1. The number of hydrogen-bond acceptors (Lipinski definition) is 2. The third kappa shape index (κ3) is 4.78. The van der Waals surface area contributed by atoms with Gasteiger partial charge in [0, 0.05) is 17.6 Å². The Bertz CT molecular complexity index is 302. The van der Waals surface area contributed by atoms with Crippen LogP contribution >= 0.6 is 15.9 Å². The molecule has 0 unspecified atom stereocenters. The van der Waals surface area contributed by atoms with Crippen molar-refractivity contribution in [3.05, 3.63) is 33.8 Å². The van der Waals surface area contributed by atoms with Crippen LogP contribution in [-0.2, 0) is 6.54 Å². The smallest absolute Gasteiger partial charge is 0.0431 e. The summed E-state index contributed by atoms with van der Waals surface area (Å²) in [5.74, 6) is 0. The van der Waals surface area contributed by atoms with Crippen molar-refractivity contribution in [1.82, 2.24) is 5.32 Å². The number of hydrogen-bond donors (Lipinski definition) is 2. The first-order chi connectivity index (χ1) is 7.24. The maximum atomic E-state index is 8.62. The van der Waals surface area contributed by atoms with Gasteiger partial charge in [0.2, 0.25) is 0 Å². The van der Waals surface area contributed by atoms with Crippen molar-refractivity contribution in [1.29, 1.82) is 0 Å². The summed E-state index contributed by atoms with van der Waals surface area (Å²) in [6.07, 6.45) is 1.91. The normalized spacial score (nSPS) is 10.6. The van der Waals surface area contributed by atoms with Gasteiger partial charge in [-0.1, -0.05) is 28.1 Å². The minimum Gasteiger partial charge on any atom is -0.396 e. The highest BCUT2D eigenvalue weighted by molar-refractivity contribution is 9.10. The first-order valence-electron chi connectivity index (χ1n) is 5.30. The Kier molecular flexibility index (Phi) is 5.91. The summed E-state index contributed by atoms with van der Waals surface area (Å²) in [7, 11) is 0. The van der Waals surface area contributed by atoms with Crippen LogP contribution in [0.15, 0.2) is 22.7 Å². The van der Waals surface area contributed by atoms with E-state index in [1.54, 1.807) is 0 Å². The average Bonchev–Trinajstić information content (AvgIpc) is 2.23. The molecule has 0 amide bonds. The molecule has 3 heteroatoms. The van der Waals surface area contributed by atoms with Crippen LogP contribution in [0.2, 0.25) is 0 Å². The molecule has 1 aromatic carbocycles. The topological polar surface area (TPSA) is 32.3 Å². The van der Waals surface area contributed by atoms with Gasteiger partial charge in [-0.15, -0.1) is 0 Å². The van der Waals surface area contributed by atoms with Crippen molar-refractivity contribution in [3.8, 4) is 0 Å². The summed E-state index contributed by atoms with van der Waals surface area (Å²) in [6, 6.07) is 6.41. The zero-order chi connectivity index (χ0) is 11.1. The highest BCUT2D eigenvalue weighted by Gasteiger charge is 1.97. The summed E-state index contributed by atoms with van der Waals surface area (Å²) in [5.41, 5.74) is 2.55. The van der Waals surface area contributed by atoms with Crippen LogP contribution in [0.3, 0.4) is 0 Å². The molecule has 0 radical (unpaired) electrons. The van der Waals surface area contributed by atoms with Gasteiger partial charge in [-0.2, -0.15) is 0 Å². The zero-order valence-electron chi connectivity index (χ0n) is 9.09. The first kappa shape index (κ1) is 12.7. The van der Waals surface area contributed by atoms with E-state index in [1.165, 1.54) is 11.1 Å². The van der Waals surface area contributed by atoms with Gasteiger partial charge in [0.05, 0.1) is 0 Å². The van der Waals surface area contributed by atoms with Gasteiger partial charge in [0.25, 0.3) is 0 Å². The average molecular weight is 272 g/mol. The second-order valence-corrected chi connectivity index (χ2v) is 4.55. The van der Waals surface area contributed by atoms with Crippen molar-refractivity contribution in [2.75, 3.05) is 13.2 Å². The minimum absolute atomic E-state index is 0.289. The highest BCUT2D eigenvalue weighted by atomic mass is 79.9. The molecular formula is C12H18BrNO. The van der Waals surface area contributed by atoms with E-state index in [4.69, 9.17) is 5.11 Å². The number of nitrogens with one attached hydrogen (secondary N) is 1. The number of halogens is 1. The van der Waals surface area contributed by atoms with Crippen molar-refractivity contribution in [2.24, 2.45) is 0 Å². The van der Waals surface area contributed by atoms with Gasteiger partial charge in [-0.25, -0.2) is 0 Å². The highest BCUT2D eigenvalue weighted by Crippen LogP contribution is 2.17. The SMILES string of the molecule is Cc1ccc(CNCCCCO)cc1Br. The van der Waals surface area contributed by atoms with Crippen molar-refractivity contribution >= 4 is 15.9 Å². The Balaban J connectivity index is 2.28. The van der Waals surface area contributed by atoms with Gasteiger partial charge < -0.3 is 10.4 Å². The first-order valence-corrected chi connectivity index (χ1v) is 6.10. The van der Waals surface area contributed by atoms with E-state index >= 15 is 0 Å². The van der Waals surface area contributed by atoms with E-state index in [0.717, 1.165) is 30.4 Å². The van der Waals surface area contributed by atoms with Crippen molar-refractivity contribution < 1.29 is 5.11 Å². The van der Waals surface area contributed by atoms with E-state index in [2.05, 4.69) is 46.4 Å². The lowest BCUT2D eigenvalue weighted by molar-refractivity contribution is 0.283. The van der Waals surface area contributed by atoms with Gasteiger partial charge in [0.15, 0.2) is 0 Å². The largest absolute Gasteiger partial charge is 0.396 e. The lowest BCUT2D eigenvalue weighted by atomic mass is 10.1. The lowest BCUT2D eigenvalue weighted by Gasteiger charge is -2.06. The van der Waals surface area contributed by atoms with Crippen LogP contribution < -0.4 is 5.32 Å². The molecule has 1 rings (SSSR count). The van der Waals surface area contributed by atoms with Crippen LogP contribution in [-0.4, -0.2) is 18.3 Å². The molecule has 0 aliphatic heterocycles. The second kappa shape index (κ2) is 6.99. The maximum Gasteiger partial charge on any atom is 0.0431 e.